The average Bonchev–Trinajstić information content (AvgIpc) is 2.50. The first-order valence-corrected chi connectivity index (χ1v) is 8.77. The molecule has 0 aromatic heterocycles. The summed E-state index contributed by atoms with van der Waals surface area (Å²) in [5.74, 6) is 0.914. The quantitative estimate of drug-likeness (QED) is 0.753. The zero-order valence-corrected chi connectivity index (χ0v) is 14.8. The molecule has 1 heterocycles. The van der Waals surface area contributed by atoms with Gasteiger partial charge in [0, 0.05) is 17.1 Å². The lowest BCUT2D eigenvalue weighted by molar-refractivity contribution is 0.159. The second kappa shape index (κ2) is 8.76. The van der Waals surface area contributed by atoms with Gasteiger partial charge in [-0.05, 0) is 69.6 Å². The second-order valence-electron chi connectivity index (χ2n) is 5.87. The second-order valence-corrected chi connectivity index (χ2v) is 6.72. The molecule has 118 valence electrons. The molecule has 1 aliphatic heterocycles. The van der Waals surface area contributed by atoms with Crippen molar-refractivity contribution in [2.24, 2.45) is 0 Å². The summed E-state index contributed by atoms with van der Waals surface area (Å²) in [6.07, 6.45) is 5.35. The Morgan fingerprint density at radius 2 is 2.24 bits per heavy atom. The number of hydrogen-bond donors (Lipinski definition) is 1. The van der Waals surface area contributed by atoms with Crippen LogP contribution in [-0.2, 0) is 6.54 Å². The van der Waals surface area contributed by atoms with Crippen molar-refractivity contribution in [2.45, 2.75) is 45.2 Å². The summed E-state index contributed by atoms with van der Waals surface area (Å²) in [4.78, 5) is 2.63. The van der Waals surface area contributed by atoms with Gasteiger partial charge in [-0.25, -0.2) is 0 Å². The van der Waals surface area contributed by atoms with E-state index in [9.17, 15) is 0 Å². The van der Waals surface area contributed by atoms with Gasteiger partial charge < -0.3 is 15.0 Å². The van der Waals surface area contributed by atoms with Gasteiger partial charge in [0.05, 0.1) is 7.11 Å². The van der Waals surface area contributed by atoms with E-state index in [-0.39, 0.29) is 0 Å². The number of piperidine rings is 1. The van der Waals surface area contributed by atoms with E-state index in [0.717, 1.165) is 29.4 Å². The van der Waals surface area contributed by atoms with Crippen LogP contribution in [0.25, 0.3) is 0 Å². The van der Waals surface area contributed by atoms with Crippen molar-refractivity contribution in [3.63, 3.8) is 0 Å². The fourth-order valence-electron chi connectivity index (χ4n) is 2.93. The van der Waals surface area contributed by atoms with E-state index in [1.54, 1.807) is 7.11 Å². The first-order valence-electron chi connectivity index (χ1n) is 7.98. The van der Waals surface area contributed by atoms with Crippen molar-refractivity contribution < 1.29 is 4.74 Å². The van der Waals surface area contributed by atoms with Crippen LogP contribution in [-0.4, -0.2) is 37.7 Å². The Kier molecular flexibility index (Phi) is 7.00. The molecule has 3 nitrogen and oxygen atoms in total. The molecule has 21 heavy (non-hydrogen) atoms. The number of benzene rings is 1. The number of nitrogens with one attached hydrogen (secondary N) is 1. The molecule has 1 aliphatic rings. The maximum atomic E-state index is 5.27. The van der Waals surface area contributed by atoms with Crippen LogP contribution in [0.5, 0.6) is 5.75 Å². The van der Waals surface area contributed by atoms with Gasteiger partial charge in [-0.3, -0.25) is 0 Å². The highest BCUT2D eigenvalue weighted by molar-refractivity contribution is 9.10. The lowest BCUT2D eigenvalue weighted by Crippen LogP contribution is -2.38. The SMILES string of the molecule is COc1ccc(Br)c(CNCCCN2CCCCC2C)c1. The molecule has 0 saturated carbocycles. The maximum absolute atomic E-state index is 5.27. The Labute approximate surface area is 137 Å². The van der Waals surface area contributed by atoms with Crippen molar-refractivity contribution in [1.29, 1.82) is 0 Å². The molecular weight excluding hydrogens is 328 g/mol. The van der Waals surface area contributed by atoms with Crippen LogP contribution >= 0.6 is 15.9 Å². The molecule has 1 aromatic rings. The van der Waals surface area contributed by atoms with E-state index >= 15 is 0 Å². The van der Waals surface area contributed by atoms with Crippen molar-refractivity contribution in [3.8, 4) is 5.75 Å². The predicted octanol–water partition coefficient (Wildman–Crippen LogP) is 3.81. The Hall–Kier alpha value is -0.580. The number of methoxy groups -OCH3 is 1. The molecule has 1 N–H and O–H groups in total. The number of nitrogens with zero attached hydrogens (tertiary/aromatic N) is 1. The van der Waals surface area contributed by atoms with E-state index in [0.29, 0.717) is 0 Å². The zero-order chi connectivity index (χ0) is 15.1. The van der Waals surface area contributed by atoms with E-state index in [4.69, 9.17) is 4.74 Å². The third-order valence-corrected chi connectivity index (χ3v) is 5.08. The van der Waals surface area contributed by atoms with Gasteiger partial charge in [-0.1, -0.05) is 22.4 Å². The summed E-state index contributed by atoms with van der Waals surface area (Å²) in [5.41, 5.74) is 1.25. The first-order chi connectivity index (χ1) is 10.2. The highest BCUT2D eigenvalue weighted by Crippen LogP contribution is 2.22. The maximum Gasteiger partial charge on any atom is 0.119 e. The molecule has 0 bridgehead atoms. The molecule has 0 amide bonds. The van der Waals surface area contributed by atoms with Crippen molar-refractivity contribution in [3.05, 3.63) is 28.2 Å². The molecular formula is C17H27BrN2O. The minimum absolute atomic E-state index is 0.770. The Bertz CT molecular complexity index is 439. The molecule has 1 fully saturated rings. The number of rotatable bonds is 7. The molecule has 1 saturated heterocycles. The van der Waals surface area contributed by atoms with E-state index < -0.39 is 0 Å². The summed E-state index contributed by atoms with van der Waals surface area (Å²) >= 11 is 3.60. The Morgan fingerprint density at radius 1 is 1.38 bits per heavy atom. The summed E-state index contributed by atoms with van der Waals surface area (Å²) in [5, 5.41) is 3.54. The first kappa shape index (κ1) is 16.8. The van der Waals surface area contributed by atoms with E-state index in [1.165, 1.54) is 44.3 Å². The molecule has 0 radical (unpaired) electrons. The van der Waals surface area contributed by atoms with Gasteiger partial charge in [-0.15, -0.1) is 0 Å². The van der Waals surface area contributed by atoms with Crippen LogP contribution in [0.4, 0.5) is 0 Å². The fourth-order valence-corrected chi connectivity index (χ4v) is 3.32. The van der Waals surface area contributed by atoms with Gasteiger partial charge in [0.2, 0.25) is 0 Å². The van der Waals surface area contributed by atoms with Crippen LogP contribution in [0.3, 0.4) is 0 Å². The highest BCUT2D eigenvalue weighted by Gasteiger charge is 2.16. The Balaban J connectivity index is 1.67. The zero-order valence-electron chi connectivity index (χ0n) is 13.2. The third-order valence-electron chi connectivity index (χ3n) is 4.31. The molecule has 0 spiro atoms. The highest BCUT2D eigenvalue weighted by atomic mass is 79.9. The lowest BCUT2D eigenvalue weighted by atomic mass is 10.0. The van der Waals surface area contributed by atoms with Gasteiger partial charge >= 0.3 is 0 Å². The molecule has 1 aromatic carbocycles. The molecule has 1 atom stereocenters. The normalized spacial score (nSPS) is 19.7. The van der Waals surface area contributed by atoms with Crippen LogP contribution in [0.1, 0.15) is 38.2 Å². The monoisotopic (exact) mass is 354 g/mol. The smallest absolute Gasteiger partial charge is 0.119 e. The van der Waals surface area contributed by atoms with Gasteiger partial charge in [0.1, 0.15) is 5.75 Å². The molecule has 0 aliphatic carbocycles. The predicted molar refractivity (Wildman–Crippen MR) is 91.9 cm³/mol. The van der Waals surface area contributed by atoms with Crippen LogP contribution in [0.2, 0.25) is 0 Å². The Morgan fingerprint density at radius 3 is 3.00 bits per heavy atom. The van der Waals surface area contributed by atoms with E-state index in [2.05, 4.69) is 39.1 Å². The largest absolute Gasteiger partial charge is 0.497 e. The average molecular weight is 355 g/mol. The topological polar surface area (TPSA) is 24.5 Å². The van der Waals surface area contributed by atoms with Gasteiger partial charge in [0.25, 0.3) is 0 Å². The summed E-state index contributed by atoms with van der Waals surface area (Å²) in [6.45, 7) is 6.80. The van der Waals surface area contributed by atoms with Crippen molar-refractivity contribution in [2.75, 3.05) is 26.7 Å². The van der Waals surface area contributed by atoms with Crippen LogP contribution < -0.4 is 10.1 Å². The van der Waals surface area contributed by atoms with Crippen LogP contribution in [0.15, 0.2) is 22.7 Å². The number of likely N-dealkylation sites (tertiary alicyclic amines) is 1. The molecule has 1 unspecified atom stereocenters. The summed E-state index contributed by atoms with van der Waals surface area (Å²) in [6, 6.07) is 6.88. The minimum atomic E-state index is 0.770. The standard InChI is InChI=1S/C17H27BrN2O/c1-14-6-3-4-10-20(14)11-5-9-19-13-15-12-16(21-2)7-8-17(15)18/h7-8,12,14,19H,3-6,9-11,13H2,1-2H3. The number of ether oxygens (including phenoxy) is 1. The summed E-state index contributed by atoms with van der Waals surface area (Å²) < 4.78 is 6.41. The molecule has 4 heteroatoms. The summed E-state index contributed by atoms with van der Waals surface area (Å²) in [7, 11) is 1.71. The van der Waals surface area contributed by atoms with E-state index in [1.807, 2.05) is 12.1 Å². The molecule has 2 rings (SSSR count). The minimum Gasteiger partial charge on any atom is -0.497 e. The van der Waals surface area contributed by atoms with Gasteiger partial charge in [-0.2, -0.15) is 0 Å². The lowest BCUT2D eigenvalue weighted by Gasteiger charge is -2.33. The van der Waals surface area contributed by atoms with Crippen molar-refractivity contribution >= 4 is 15.9 Å². The number of hydrogen-bond acceptors (Lipinski definition) is 3. The van der Waals surface area contributed by atoms with Crippen molar-refractivity contribution in [1.82, 2.24) is 10.2 Å². The third kappa shape index (κ3) is 5.28. The number of halogens is 1. The van der Waals surface area contributed by atoms with Crippen LogP contribution in [0, 0.1) is 0 Å². The fraction of sp³-hybridized carbons (Fsp3) is 0.647. The van der Waals surface area contributed by atoms with Gasteiger partial charge in [0.15, 0.2) is 0 Å².